The standard InChI is InChI=1S/C25H31NO4/c1-17(2)29-23-16-25(30-22-8-6-5-7-20(22)23)11-13-26(14-12-25)24(27)19-9-10-21(28-4)18(3)15-19/h5-10,15,17,23H,11-14,16H2,1-4H3/t23-/m1/s1. The molecule has 0 radical (unpaired) electrons. The van der Waals surface area contributed by atoms with Gasteiger partial charge in [0.25, 0.3) is 5.91 Å². The largest absolute Gasteiger partial charge is 0.496 e. The van der Waals surface area contributed by atoms with Crippen molar-refractivity contribution in [3.63, 3.8) is 0 Å². The number of para-hydroxylation sites is 1. The van der Waals surface area contributed by atoms with Gasteiger partial charge in [-0.05, 0) is 50.6 Å². The van der Waals surface area contributed by atoms with Crippen LogP contribution in [0.5, 0.6) is 11.5 Å². The first-order valence-corrected chi connectivity index (χ1v) is 10.8. The van der Waals surface area contributed by atoms with Gasteiger partial charge in [-0.15, -0.1) is 0 Å². The first kappa shape index (κ1) is 20.7. The summed E-state index contributed by atoms with van der Waals surface area (Å²) in [5.74, 6) is 1.79. The molecule has 1 saturated heterocycles. The van der Waals surface area contributed by atoms with Crippen molar-refractivity contribution in [1.82, 2.24) is 4.90 Å². The number of carbonyl (C=O) groups is 1. The summed E-state index contributed by atoms with van der Waals surface area (Å²) >= 11 is 0. The zero-order valence-electron chi connectivity index (χ0n) is 18.3. The number of methoxy groups -OCH3 is 1. The summed E-state index contributed by atoms with van der Waals surface area (Å²) in [5.41, 5.74) is 2.53. The summed E-state index contributed by atoms with van der Waals surface area (Å²) in [6, 6.07) is 13.8. The number of nitrogens with zero attached hydrogens (tertiary/aromatic N) is 1. The summed E-state index contributed by atoms with van der Waals surface area (Å²) in [4.78, 5) is 15.0. The minimum Gasteiger partial charge on any atom is -0.496 e. The van der Waals surface area contributed by atoms with E-state index in [2.05, 4.69) is 19.9 Å². The quantitative estimate of drug-likeness (QED) is 0.719. The second kappa shape index (κ2) is 8.31. The van der Waals surface area contributed by atoms with Crippen molar-refractivity contribution in [3.8, 4) is 11.5 Å². The van der Waals surface area contributed by atoms with Gasteiger partial charge < -0.3 is 19.1 Å². The van der Waals surface area contributed by atoms with Gasteiger partial charge in [0.2, 0.25) is 0 Å². The lowest BCUT2D eigenvalue weighted by molar-refractivity contribution is -0.0872. The number of benzene rings is 2. The Kier molecular flexibility index (Phi) is 5.74. The third-order valence-corrected chi connectivity index (χ3v) is 6.19. The number of amides is 1. The predicted molar refractivity (Wildman–Crippen MR) is 116 cm³/mol. The fourth-order valence-corrected chi connectivity index (χ4v) is 4.63. The molecule has 1 spiro atoms. The summed E-state index contributed by atoms with van der Waals surface area (Å²) in [6.07, 6.45) is 2.62. The van der Waals surface area contributed by atoms with Crippen LogP contribution in [-0.4, -0.2) is 42.7 Å². The van der Waals surface area contributed by atoms with Crippen molar-refractivity contribution in [1.29, 1.82) is 0 Å². The van der Waals surface area contributed by atoms with E-state index in [1.165, 1.54) is 0 Å². The minimum atomic E-state index is -0.277. The summed E-state index contributed by atoms with van der Waals surface area (Å²) in [7, 11) is 1.65. The molecule has 2 heterocycles. The van der Waals surface area contributed by atoms with Crippen LogP contribution in [-0.2, 0) is 4.74 Å². The van der Waals surface area contributed by atoms with Crippen LogP contribution in [0.4, 0.5) is 0 Å². The maximum Gasteiger partial charge on any atom is 0.253 e. The van der Waals surface area contributed by atoms with E-state index in [1.54, 1.807) is 7.11 Å². The van der Waals surface area contributed by atoms with E-state index in [4.69, 9.17) is 14.2 Å². The van der Waals surface area contributed by atoms with Crippen LogP contribution < -0.4 is 9.47 Å². The molecular formula is C25H31NO4. The van der Waals surface area contributed by atoms with E-state index in [0.717, 1.165) is 41.9 Å². The highest BCUT2D eigenvalue weighted by Crippen LogP contribution is 2.46. The molecule has 2 aliphatic rings. The Hall–Kier alpha value is -2.53. The lowest BCUT2D eigenvalue weighted by atomic mass is 9.81. The van der Waals surface area contributed by atoms with Crippen LogP contribution in [0, 0.1) is 6.92 Å². The smallest absolute Gasteiger partial charge is 0.253 e. The lowest BCUT2D eigenvalue weighted by Crippen LogP contribution is -2.52. The van der Waals surface area contributed by atoms with Crippen molar-refractivity contribution in [3.05, 3.63) is 59.2 Å². The van der Waals surface area contributed by atoms with Crippen LogP contribution in [0.15, 0.2) is 42.5 Å². The second-order valence-electron chi connectivity index (χ2n) is 8.68. The maximum absolute atomic E-state index is 13.1. The Morgan fingerprint density at radius 3 is 2.57 bits per heavy atom. The van der Waals surface area contributed by atoms with Gasteiger partial charge in [-0.1, -0.05) is 18.2 Å². The van der Waals surface area contributed by atoms with Crippen molar-refractivity contribution in [2.45, 2.75) is 57.8 Å². The van der Waals surface area contributed by atoms with Gasteiger partial charge in [0.15, 0.2) is 0 Å². The third-order valence-electron chi connectivity index (χ3n) is 6.19. The highest BCUT2D eigenvalue weighted by Gasteiger charge is 2.44. The molecule has 0 aliphatic carbocycles. The fourth-order valence-electron chi connectivity index (χ4n) is 4.63. The number of hydrogen-bond acceptors (Lipinski definition) is 4. The molecule has 1 atom stereocenters. The zero-order valence-corrected chi connectivity index (χ0v) is 18.3. The fraction of sp³-hybridized carbons (Fsp3) is 0.480. The van der Waals surface area contributed by atoms with Crippen molar-refractivity contribution in [2.75, 3.05) is 20.2 Å². The SMILES string of the molecule is COc1ccc(C(=O)N2CCC3(CC2)C[C@@H](OC(C)C)c2ccccc2O3)cc1C. The summed E-state index contributed by atoms with van der Waals surface area (Å²) < 4.78 is 18.1. The normalized spacial score (nSPS) is 20.0. The topological polar surface area (TPSA) is 48.0 Å². The Labute approximate surface area is 178 Å². The molecule has 5 nitrogen and oxygen atoms in total. The van der Waals surface area contributed by atoms with Gasteiger partial charge >= 0.3 is 0 Å². The van der Waals surface area contributed by atoms with Crippen molar-refractivity contribution >= 4 is 5.91 Å². The number of ether oxygens (including phenoxy) is 3. The van der Waals surface area contributed by atoms with Gasteiger partial charge in [-0.2, -0.15) is 0 Å². The molecule has 4 rings (SSSR count). The van der Waals surface area contributed by atoms with Gasteiger partial charge in [-0.3, -0.25) is 4.79 Å². The van der Waals surface area contributed by atoms with E-state index in [1.807, 2.05) is 48.2 Å². The number of likely N-dealkylation sites (tertiary alicyclic amines) is 1. The van der Waals surface area contributed by atoms with E-state index in [9.17, 15) is 4.79 Å². The van der Waals surface area contributed by atoms with E-state index >= 15 is 0 Å². The molecule has 1 amide bonds. The molecule has 160 valence electrons. The monoisotopic (exact) mass is 409 g/mol. The number of rotatable bonds is 4. The molecular weight excluding hydrogens is 378 g/mol. The van der Waals surface area contributed by atoms with Crippen molar-refractivity contribution < 1.29 is 19.0 Å². The Morgan fingerprint density at radius 1 is 1.17 bits per heavy atom. The first-order chi connectivity index (χ1) is 14.4. The Balaban J connectivity index is 1.48. The highest BCUT2D eigenvalue weighted by atomic mass is 16.5. The Bertz CT molecular complexity index is 915. The van der Waals surface area contributed by atoms with E-state index < -0.39 is 0 Å². The second-order valence-corrected chi connectivity index (χ2v) is 8.68. The molecule has 2 aliphatic heterocycles. The number of fused-ring (bicyclic) bond motifs is 1. The van der Waals surface area contributed by atoms with Crippen LogP contribution >= 0.6 is 0 Å². The molecule has 2 aromatic carbocycles. The predicted octanol–water partition coefficient (Wildman–Crippen LogP) is 4.93. The lowest BCUT2D eigenvalue weighted by Gasteiger charge is -2.47. The molecule has 1 fully saturated rings. The highest BCUT2D eigenvalue weighted by molar-refractivity contribution is 5.94. The van der Waals surface area contributed by atoms with Gasteiger partial charge in [-0.25, -0.2) is 0 Å². The van der Waals surface area contributed by atoms with Crippen LogP contribution in [0.25, 0.3) is 0 Å². The average Bonchev–Trinajstić information content (AvgIpc) is 2.73. The van der Waals surface area contributed by atoms with Crippen LogP contribution in [0.3, 0.4) is 0 Å². The average molecular weight is 410 g/mol. The molecule has 30 heavy (non-hydrogen) atoms. The van der Waals surface area contributed by atoms with Crippen LogP contribution in [0.2, 0.25) is 0 Å². The minimum absolute atomic E-state index is 0.0291. The number of piperidine rings is 1. The van der Waals surface area contributed by atoms with E-state index in [-0.39, 0.29) is 23.7 Å². The molecule has 5 heteroatoms. The van der Waals surface area contributed by atoms with E-state index in [0.29, 0.717) is 18.7 Å². The number of aryl methyl sites for hydroxylation is 1. The summed E-state index contributed by atoms with van der Waals surface area (Å²) in [6.45, 7) is 7.47. The molecule has 2 aromatic rings. The molecule has 0 aromatic heterocycles. The van der Waals surface area contributed by atoms with Gasteiger partial charge in [0.1, 0.15) is 17.1 Å². The van der Waals surface area contributed by atoms with Gasteiger partial charge in [0.05, 0.1) is 19.3 Å². The zero-order chi connectivity index (χ0) is 21.3. The number of carbonyl (C=O) groups excluding carboxylic acids is 1. The first-order valence-electron chi connectivity index (χ1n) is 10.8. The molecule has 0 saturated carbocycles. The third kappa shape index (κ3) is 4.04. The number of hydrogen-bond donors (Lipinski definition) is 0. The van der Waals surface area contributed by atoms with Crippen molar-refractivity contribution in [2.24, 2.45) is 0 Å². The molecule has 0 N–H and O–H groups in total. The summed E-state index contributed by atoms with van der Waals surface area (Å²) in [5, 5.41) is 0. The molecule has 0 bridgehead atoms. The Morgan fingerprint density at radius 2 is 1.90 bits per heavy atom. The maximum atomic E-state index is 13.1. The molecule has 0 unspecified atom stereocenters. The van der Waals surface area contributed by atoms with Gasteiger partial charge in [0, 0.05) is 43.5 Å². The van der Waals surface area contributed by atoms with Crippen LogP contribution in [0.1, 0.15) is 60.7 Å².